The first kappa shape index (κ1) is 6.05. The standard InChI is InChI=1S/C6H13NO/c1-6(2)4-5(7-3)8-6/h5,7H,4H2,1-3H3. The molecule has 0 aliphatic carbocycles. The minimum absolute atomic E-state index is 0.133. The highest BCUT2D eigenvalue weighted by molar-refractivity contribution is 4.82. The van der Waals surface area contributed by atoms with Crippen LogP contribution >= 0.6 is 0 Å². The van der Waals surface area contributed by atoms with Crippen molar-refractivity contribution in [2.24, 2.45) is 0 Å². The first-order valence-corrected chi connectivity index (χ1v) is 2.99. The summed E-state index contributed by atoms with van der Waals surface area (Å²) in [4.78, 5) is 0. The number of hydrogen-bond acceptors (Lipinski definition) is 2. The second-order valence-corrected chi connectivity index (χ2v) is 2.86. The quantitative estimate of drug-likeness (QED) is 0.544. The van der Waals surface area contributed by atoms with Gasteiger partial charge in [-0.25, -0.2) is 0 Å². The molecular weight excluding hydrogens is 102 g/mol. The van der Waals surface area contributed by atoms with Crippen LogP contribution in [0.2, 0.25) is 0 Å². The molecule has 0 spiro atoms. The lowest BCUT2D eigenvalue weighted by atomic mass is 9.98. The highest BCUT2D eigenvalue weighted by atomic mass is 16.5. The fourth-order valence-corrected chi connectivity index (χ4v) is 0.983. The van der Waals surface area contributed by atoms with Gasteiger partial charge in [0.15, 0.2) is 0 Å². The molecular formula is C6H13NO. The molecule has 8 heavy (non-hydrogen) atoms. The van der Waals surface area contributed by atoms with Crippen molar-refractivity contribution in [1.29, 1.82) is 0 Å². The monoisotopic (exact) mass is 115 g/mol. The summed E-state index contributed by atoms with van der Waals surface area (Å²) in [6, 6.07) is 0. The lowest BCUT2D eigenvalue weighted by Gasteiger charge is -2.42. The Morgan fingerprint density at radius 2 is 2.12 bits per heavy atom. The second kappa shape index (κ2) is 1.71. The van der Waals surface area contributed by atoms with E-state index in [1.54, 1.807) is 0 Å². The van der Waals surface area contributed by atoms with Crippen LogP contribution in [0.15, 0.2) is 0 Å². The lowest BCUT2D eigenvalue weighted by molar-refractivity contribution is -0.194. The van der Waals surface area contributed by atoms with Crippen LogP contribution in [0.1, 0.15) is 20.3 Å². The Bertz CT molecular complexity index is 82.5. The molecule has 1 aliphatic heterocycles. The summed E-state index contributed by atoms with van der Waals surface area (Å²) >= 11 is 0. The molecule has 0 aromatic rings. The van der Waals surface area contributed by atoms with Gasteiger partial charge in [-0.2, -0.15) is 0 Å². The van der Waals surface area contributed by atoms with Crippen molar-refractivity contribution in [2.75, 3.05) is 7.05 Å². The fraction of sp³-hybridized carbons (Fsp3) is 1.00. The first-order chi connectivity index (χ1) is 3.64. The van der Waals surface area contributed by atoms with Crippen LogP contribution in [0, 0.1) is 0 Å². The van der Waals surface area contributed by atoms with Gasteiger partial charge in [0.1, 0.15) is 6.23 Å². The van der Waals surface area contributed by atoms with Crippen LogP contribution in [0.5, 0.6) is 0 Å². The smallest absolute Gasteiger partial charge is 0.111 e. The molecule has 2 nitrogen and oxygen atoms in total. The van der Waals surface area contributed by atoms with E-state index in [4.69, 9.17) is 4.74 Å². The van der Waals surface area contributed by atoms with Gasteiger partial charge in [0.2, 0.25) is 0 Å². The topological polar surface area (TPSA) is 21.3 Å². The molecule has 1 rings (SSSR count). The zero-order valence-electron chi connectivity index (χ0n) is 5.69. The van der Waals surface area contributed by atoms with Crippen molar-refractivity contribution in [3.05, 3.63) is 0 Å². The van der Waals surface area contributed by atoms with Gasteiger partial charge < -0.3 is 4.74 Å². The summed E-state index contributed by atoms with van der Waals surface area (Å²) in [5, 5.41) is 3.03. The van der Waals surface area contributed by atoms with E-state index < -0.39 is 0 Å². The zero-order chi connectivity index (χ0) is 6.20. The Morgan fingerprint density at radius 1 is 1.62 bits per heavy atom. The summed E-state index contributed by atoms with van der Waals surface area (Å²) in [6.45, 7) is 4.20. The largest absolute Gasteiger partial charge is 0.357 e. The molecule has 0 saturated carbocycles. The van der Waals surface area contributed by atoms with Crippen LogP contribution in [-0.4, -0.2) is 18.9 Å². The predicted molar refractivity (Wildman–Crippen MR) is 32.6 cm³/mol. The number of ether oxygens (including phenoxy) is 1. The molecule has 0 aromatic heterocycles. The van der Waals surface area contributed by atoms with Crippen molar-refractivity contribution in [1.82, 2.24) is 5.32 Å². The maximum atomic E-state index is 5.36. The minimum atomic E-state index is 0.133. The molecule has 1 N–H and O–H groups in total. The first-order valence-electron chi connectivity index (χ1n) is 2.99. The third-order valence-corrected chi connectivity index (χ3v) is 1.46. The van der Waals surface area contributed by atoms with E-state index in [2.05, 4.69) is 19.2 Å². The third-order valence-electron chi connectivity index (χ3n) is 1.46. The minimum Gasteiger partial charge on any atom is -0.357 e. The van der Waals surface area contributed by atoms with Gasteiger partial charge in [0.05, 0.1) is 5.60 Å². The zero-order valence-corrected chi connectivity index (χ0v) is 5.69. The van der Waals surface area contributed by atoms with Crippen LogP contribution < -0.4 is 5.32 Å². The van der Waals surface area contributed by atoms with Crippen molar-refractivity contribution in [3.8, 4) is 0 Å². The van der Waals surface area contributed by atoms with Crippen LogP contribution in [0.25, 0.3) is 0 Å². The molecule has 1 heterocycles. The molecule has 0 bridgehead atoms. The maximum absolute atomic E-state index is 5.36. The van der Waals surface area contributed by atoms with Gasteiger partial charge in [-0.15, -0.1) is 0 Å². The summed E-state index contributed by atoms with van der Waals surface area (Å²) < 4.78 is 5.36. The highest BCUT2D eigenvalue weighted by Gasteiger charge is 2.35. The van der Waals surface area contributed by atoms with E-state index in [0.717, 1.165) is 6.42 Å². The van der Waals surface area contributed by atoms with Gasteiger partial charge in [-0.1, -0.05) is 0 Å². The average Bonchev–Trinajstić information content (AvgIpc) is 1.60. The molecule has 48 valence electrons. The van der Waals surface area contributed by atoms with Crippen LogP contribution in [0.3, 0.4) is 0 Å². The summed E-state index contributed by atoms with van der Waals surface area (Å²) in [5.74, 6) is 0. The fourth-order valence-electron chi connectivity index (χ4n) is 0.983. The third kappa shape index (κ3) is 1.01. The molecule has 1 aliphatic rings. The van der Waals surface area contributed by atoms with Crippen molar-refractivity contribution in [3.63, 3.8) is 0 Å². The van der Waals surface area contributed by atoms with Gasteiger partial charge >= 0.3 is 0 Å². The van der Waals surface area contributed by atoms with E-state index in [-0.39, 0.29) is 5.60 Å². The Morgan fingerprint density at radius 3 is 2.25 bits per heavy atom. The van der Waals surface area contributed by atoms with E-state index >= 15 is 0 Å². The van der Waals surface area contributed by atoms with Crippen LogP contribution in [-0.2, 0) is 4.74 Å². The van der Waals surface area contributed by atoms with E-state index in [0.29, 0.717) is 6.23 Å². The summed E-state index contributed by atoms with van der Waals surface area (Å²) in [6.07, 6.45) is 1.44. The van der Waals surface area contributed by atoms with Crippen molar-refractivity contribution < 1.29 is 4.74 Å². The predicted octanol–water partition coefficient (Wildman–Crippen LogP) is 0.731. The Hall–Kier alpha value is -0.0800. The molecule has 1 unspecified atom stereocenters. The number of hydrogen-bond donors (Lipinski definition) is 1. The maximum Gasteiger partial charge on any atom is 0.111 e. The summed E-state index contributed by atoms with van der Waals surface area (Å²) in [7, 11) is 1.92. The molecule has 1 saturated heterocycles. The van der Waals surface area contributed by atoms with E-state index in [1.807, 2.05) is 7.05 Å². The molecule has 0 aromatic carbocycles. The molecule has 1 fully saturated rings. The Balaban J connectivity index is 2.21. The van der Waals surface area contributed by atoms with Gasteiger partial charge in [0, 0.05) is 6.42 Å². The van der Waals surface area contributed by atoms with E-state index in [1.165, 1.54) is 0 Å². The second-order valence-electron chi connectivity index (χ2n) is 2.86. The van der Waals surface area contributed by atoms with Gasteiger partial charge in [0.25, 0.3) is 0 Å². The summed E-state index contributed by atoms with van der Waals surface area (Å²) in [5.41, 5.74) is 0.133. The molecule has 2 heteroatoms. The highest BCUT2D eigenvalue weighted by Crippen LogP contribution is 2.29. The molecule has 0 radical (unpaired) electrons. The van der Waals surface area contributed by atoms with Gasteiger partial charge in [-0.05, 0) is 20.9 Å². The lowest BCUT2D eigenvalue weighted by Crippen LogP contribution is -2.51. The molecule has 0 amide bonds. The van der Waals surface area contributed by atoms with Crippen molar-refractivity contribution in [2.45, 2.75) is 32.1 Å². The molecule has 1 atom stereocenters. The number of nitrogens with one attached hydrogen (secondary N) is 1. The Kier molecular flexibility index (Phi) is 1.29. The van der Waals surface area contributed by atoms with E-state index in [9.17, 15) is 0 Å². The Labute approximate surface area is 50.2 Å². The van der Waals surface area contributed by atoms with Gasteiger partial charge in [-0.3, -0.25) is 5.32 Å². The van der Waals surface area contributed by atoms with Crippen molar-refractivity contribution >= 4 is 0 Å². The SMILES string of the molecule is CNC1CC(C)(C)O1. The number of rotatable bonds is 1. The van der Waals surface area contributed by atoms with Crippen LogP contribution in [0.4, 0.5) is 0 Å². The average molecular weight is 115 g/mol. The normalized spacial score (nSPS) is 34.1.